The molecule has 4 heteroatoms. The fourth-order valence-corrected chi connectivity index (χ4v) is 2.91. The van der Waals surface area contributed by atoms with Gasteiger partial charge in [-0.1, -0.05) is 66.8 Å². The summed E-state index contributed by atoms with van der Waals surface area (Å²) in [6.45, 7) is 2.44. The Morgan fingerprint density at radius 2 is 1.57 bits per heavy atom. The van der Waals surface area contributed by atoms with Crippen LogP contribution in [0.3, 0.4) is 0 Å². The highest BCUT2D eigenvalue weighted by Gasteiger charge is 2.07. The minimum atomic E-state index is -3.39. The quantitative estimate of drug-likeness (QED) is 0.718. The summed E-state index contributed by atoms with van der Waals surface area (Å²) in [5, 5.41) is 1.20. The van der Waals surface area contributed by atoms with Crippen LogP contribution >= 0.6 is 0 Å². The zero-order valence-corrected chi connectivity index (χ0v) is 13.8. The van der Waals surface area contributed by atoms with Gasteiger partial charge in [-0.3, -0.25) is 0 Å². The molecule has 120 valence electrons. The Morgan fingerprint density at radius 3 is 2.22 bits per heavy atom. The minimum Gasteiger partial charge on any atom is -0.370 e. The van der Waals surface area contributed by atoms with Crippen LogP contribution in [-0.2, 0) is 21.2 Å². The van der Waals surface area contributed by atoms with Gasteiger partial charge in [0.1, 0.15) is 0 Å². The summed E-state index contributed by atoms with van der Waals surface area (Å²) in [5.41, 5.74) is 1.11. The largest absolute Gasteiger partial charge is 0.370 e. The first-order valence-corrected chi connectivity index (χ1v) is 8.93. The molecule has 0 aliphatic rings. The topological polar surface area (TPSA) is 43.4 Å². The third kappa shape index (κ3) is 5.85. The van der Waals surface area contributed by atoms with E-state index in [9.17, 15) is 8.42 Å². The van der Waals surface area contributed by atoms with E-state index < -0.39 is 9.84 Å². The van der Waals surface area contributed by atoms with E-state index in [-0.39, 0.29) is 11.0 Å². The molecular weight excluding hydrogens is 308 g/mol. The lowest BCUT2D eigenvalue weighted by molar-refractivity contribution is 0.0841. The van der Waals surface area contributed by atoms with Gasteiger partial charge >= 0.3 is 0 Å². The predicted octanol–water partition coefficient (Wildman–Crippen LogP) is 4.14. The van der Waals surface area contributed by atoms with Crippen molar-refractivity contribution in [2.24, 2.45) is 0 Å². The molecule has 0 amide bonds. The average Bonchev–Trinajstić information content (AvgIpc) is 2.59. The van der Waals surface area contributed by atoms with E-state index in [2.05, 4.69) is 0 Å². The standard InChI is InChI=1S/C19H20O3S/c1-17(22-16-18-11-4-2-5-12-18)10-8-9-15-23(20,21)19-13-6-3-7-14-19/h2-15,17H,16H2,1H3/b10-8-,15-9+/t17-/m0/s1. The van der Waals surface area contributed by atoms with Gasteiger partial charge in [0.05, 0.1) is 17.6 Å². The van der Waals surface area contributed by atoms with Gasteiger partial charge in [-0.25, -0.2) is 8.42 Å². The number of benzene rings is 2. The van der Waals surface area contributed by atoms with E-state index >= 15 is 0 Å². The van der Waals surface area contributed by atoms with Gasteiger partial charge < -0.3 is 4.74 Å². The molecule has 0 saturated heterocycles. The van der Waals surface area contributed by atoms with Gasteiger partial charge in [0.15, 0.2) is 9.84 Å². The maximum Gasteiger partial charge on any atom is 0.199 e. The van der Waals surface area contributed by atoms with Crippen molar-refractivity contribution in [3.63, 3.8) is 0 Å². The number of rotatable bonds is 7. The molecule has 0 N–H and O–H groups in total. The molecule has 0 aliphatic carbocycles. The lowest BCUT2D eigenvalue weighted by Crippen LogP contribution is -2.04. The van der Waals surface area contributed by atoms with Crippen molar-refractivity contribution in [1.82, 2.24) is 0 Å². The summed E-state index contributed by atoms with van der Waals surface area (Å²) in [6.07, 6.45) is 4.93. The first-order valence-electron chi connectivity index (χ1n) is 7.38. The molecule has 0 bridgehead atoms. The van der Waals surface area contributed by atoms with Crippen molar-refractivity contribution in [3.8, 4) is 0 Å². The molecule has 0 saturated carbocycles. The molecule has 2 rings (SSSR count). The summed E-state index contributed by atoms with van der Waals surface area (Å²) in [4.78, 5) is 0.290. The van der Waals surface area contributed by atoms with Crippen molar-refractivity contribution in [2.75, 3.05) is 0 Å². The Kier molecular flexibility index (Phi) is 6.32. The Labute approximate surface area is 137 Å². The van der Waals surface area contributed by atoms with E-state index in [0.29, 0.717) is 6.61 Å². The lowest BCUT2D eigenvalue weighted by Gasteiger charge is -2.08. The molecule has 0 spiro atoms. The zero-order chi connectivity index (χ0) is 16.5. The third-order valence-electron chi connectivity index (χ3n) is 3.18. The van der Waals surface area contributed by atoms with Crippen LogP contribution in [0.25, 0.3) is 0 Å². The maximum absolute atomic E-state index is 12.0. The maximum atomic E-state index is 12.0. The Hall–Kier alpha value is -2.17. The van der Waals surface area contributed by atoms with Crippen molar-refractivity contribution in [2.45, 2.75) is 24.5 Å². The first-order chi connectivity index (χ1) is 11.1. The highest BCUT2D eigenvalue weighted by molar-refractivity contribution is 7.94. The average molecular weight is 328 g/mol. The van der Waals surface area contributed by atoms with Gasteiger partial charge in [0, 0.05) is 5.41 Å². The molecule has 3 nitrogen and oxygen atoms in total. The van der Waals surface area contributed by atoms with Crippen molar-refractivity contribution in [3.05, 3.63) is 89.9 Å². The first kappa shape index (κ1) is 17.2. The Morgan fingerprint density at radius 1 is 0.957 bits per heavy atom. The number of allylic oxidation sites excluding steroid dienone is 2. The normalized spacial score (nSPS) is 13.6. The second kappa shape index (κ2) is 8.46. The molecule has 0 fully saturated rings. The molecule has 0 unspecified atom stereocenters. The number of sulfone groups is 1. The third-order valence-corrected chi connectivity index (χ3v) is 4.62. The SMILES string of the molecule is C[C@@H](/C=C\C=C\S(=O)(=O)c1ccccc1)OCc1ccccc1. The van der Waals surface area contributed by atoms with Crippen LogP contribution in [0.15, 0.2) is 89.2 Å². The monoisotopic (exact) mass is 328 g/mol. The van der Waals surface area contributed by atoms with Gasteiger partial charge in [-0.2, -0.15) is 0 Å². The summed E-state index contributed by atoms with van der Waals surface area (Å²) >= 11 is 0. The van der Waals surface area contributed by atoms with E-state index in [1.807, 2.05) is 43.3 Å². The summed E-state index contributed by atoms with van der Waals surface area (Å²) in [7, 11) is -3.39. The van der Waals surface area contributed by atoms with Gasteiger partial charge in [0.25, 0.3) is 0 Å². The summed E-state index contributed by atoms with van der Waals surface area (Å²) in [5.74, 6) is 0. The van der Waals surface area contributed by atoms with Crippen LogP contribution in [0.5, 0.6) is 0 Å². The predicted molar refractivity (Wildman–Crippen MR) is 92.6 cm³/mol. The highest BCUT2D eigenvalue weighted by atomic mass is 32.2. The number of hydrogen-bond donors (Lipinski definition) is 0. The molecule has 2 aromatic rings. The Balaban J connectivity index is 1.86. The van der Waals surface area contributed by atoms with Crippen LogP contribution in [0, 0.1) is 0 Å². The van der Waals surface area contributed by atoms with Crippen molar-refractivity contribution >= 4 is 9.84 Å². The Bertz CT molecular complexity index is 748. The van der Waals surface area contributed by atoms with E-state index in [4.69, 9.17) is 4.74 Å². The second-order valence-electron chi connectivity index (χ2n) is 5.07. The highest BCUT2D eigenvalue weighted by Crippen LogP contribution is 2.11. The van der Waals surface area contributed by atoms with Crippen LogP contribution in [0.4, 0.5) is 0 Å². The smallest absolute Gasteiger partial charge is 0.199 e. The molecule has 0 aromatic heterocycles. The summed E-state index contributed by atoms with van der Waals surface area (Å²) < 4.78 is 29.7. The van der Waals surface area contributed by atoms with Crippen LogP contribution in [0.2, 0.25) is 0 Å². The van der Waals surface area contributed by atoms with Gasteiger partial charge in [0.2, 0.25) is 0 Å². The fraction of sp³-hybridized carbons (Fsp3) is 0.158. The van der Waals surface area contributed by atoms with Gasteiger partial charge in [-0.05, 0) is 24.6 Å². The molecule has 2 aromatic carbocycles. The fourth-order valence-electron chi connectivity index (χ4n) is 1.92. The molecule has 0 radical (unpaired) electrons. The minimum absolute atomic E-state index is 0.0979. The van der Waals surface area contributed by atoms with Crippen LogP contribution in [0.1, 0.15) is 12.5 Å². The molecule has 23 heavy (non-hydrogen) atoms. The zero-order valence-electron chi connectivity index (χ0n) is 13.0. The van der Waals surface area contributed by atoms with Crippen LogP contribution in [-0.4, -0.2) is 14.5 Å². The molecule has 1 atom stereocenters. The summed E-state index contributed by atoms with van der Waals surface area (Å²) in [6, 6.07) is 18.3. The van der Waals surface area contributed by atoms with Gasteiger partial charge in [-0.15, -0.1) is 0 Å². The number of hydrogen-bond acceptors (Lipinski definition) is 3. The van der Waals surface area contributed by atoms with Crippen LogP contribution < -0.4 is 0 Å². The molecule has 0 aliphatic heterocycles. The number of ether oxygens (including phenoxy) is 1. The lowest BCUT2D eigenvalue weighted by atomic mass is 10.2. The van der Waals surface area contributed by atoms with Crippen molar-refractivity contribution in [1.29, 1.82) is 0 Å². The van der Waals surface area contributed by atoms with E-state index in [0.717, 1.165) is 5.56 Å². The second-order valence-corrected chi connectivity index (χ2v) is 6.91. The molecule has 0 heterocycles. The van der Waals surface area contributed by atoms with E-state index in [1.54, 1.807) is 36.4 Å². The molecular formula is C19H20O3S. The van der Waals surface area contributed by atoms with Crippen molar-refractivity contribution < 1.29 is 13.2 Å². The van der Waals surface area contributed by atoms with E-state index in [1.165, 1.54) is 11.5 Å².